The van der Waals surface area contributed by atoms with Crippen LogP contribution < -0.4 is 10.0 Å². The summed E-state index contributed by atoms with van der Waals surface area (Å²) in [5, 5.41) is 2.50. The van der Waals surface area contributed by atoms with Gasteiger partial charge in [-0.1, -0.05) is 17.7 Å². The van der Waals surface area contributed by atoms with E-state index in [-0.39, 0.29) is 22.1 Å². The Kier molecular flexibility index (Phi) is 5.04. The summed E-state index contributed by atoms with van der Waals surface area (Å²) in [7, 11) is -3.78. The molecule has 0 amide bonds. The van der Waals surface area contributed by atoms with Crippen LogP contribution in [0.3, 0.4) is 0 Å². The summed E-state index contributed by atoms with van der Waals surface area (Å²) < 4.78 is 66.9. The predicted molar refractivity (Wildman–Crippen MR) is 95.8 cm³/mol. The fourth-order valence-electron chi connectivity index (χ4n) is 2.22. The first-order valence-corrected chi connectivity index (χ1v) is 9.20. The summed E-state index contributed by atoms with van der Waals surface area (Å²) in [6, 6.07) is 10.9. The molecular weight excluding hydrogens is 379 g/mol. The van der Waals surface area contributed by atoms with E-state index in [2.05, 4.69) is 15.0 Å². The fraction of sp³-hybridized carbons (Fsp3) is 0.0556. The van der Waals surface area contributed by atoms with Crippen molar-refractivity contribution in [2.24, 2.45) is 0 Å². The fourth-order valence-corrected chi connectivity index (χ4v) is 3.26. The maximum atomic E-state index is 13.7. The number of nitrogens with one attached hydrogen (secondary N) is 2. The van der Waals surface area contributed by atoms with Crippen molar-refractivity contribution in [3.63, 3.8) is 0 Å². The molecule has 2 aromatic carbocycles. The zero-order valence-corrected chi connectivity index (χ0v) is 14.8. The monoisotopic (exact) mass is 393 g/mol. The van der Waals surface area contributed by atoms with E-state index in [4.69, 9.17) is 0 Å². The largest absolute Gasteiger partial charge is 0.338 e. The lowest BCUT2D eigenvalue weighted by molar-refractivity contribution is 0.449. The van der Waals surface area contributed by atoms with Crippen LogP contribution in [0.2, 0.25) is 0 Å². The third kappa shape index (κ3) is 4.20. The first kappa shape index (κ1) is 18.7. The van der Waals surface area contributed by atoms with Crippen molar-refractivity contribution in [2.45, 2.75) is 11.8 Å². The van der Waals surface area contributed by atoms with Gasteiger partial charge in [0.1, 0.15) is 5.82 Å². The molecule has 9 heteroatoms. The van der Waals surface area contributed by atoms with Crippen molar-refractivity contribution < 1.29 is 21.6 Å². The smallest absolute Gasteiger partial charge is 0.261 e. The van der Waals surface area contributed by atoms with Gasteiger partial charge < -0.3 is 5.32 Å². The topological polar surface area (TPSA) is 71.1 Å². The molecule has 0 aliphatic rings. The molecule has 0 radical (unpaired) electrons. The van der Waals surface area contributed by atoms with E-state index >= 15 is 0 Å². The van der Waals surface area contributed by atoms with E-state index in [0.717, 1.165) is 17.7 Å². The Morgan fingerprint density at radius 1 is 0.889 bits per heavy atom. The van der Waals surface area contributed by atoms with Crippen LogP contribution in [0.1, 0.15) is 5.56 Å². The van der Waals surface area contributed by atoms with Crippen LogP contribution >= 0.6 is 0 Å². The van der Waals surface area contributed by atoms with Gasteiger partial charge in [-0.15, -0.1) is 0 Å². The minimum Gasteiger partial charge on any atom is -0.338 e. The van der Waals surface area contributed by atoms with Crippen LogP contribution in [0.25, 0.3) is 0 Å². The lowest BCUT2D eigenvalue weighted by atomic mass is 10.2. The van der Waals surface area contributed by atoms with Gasteiger partial charge in [0, 0.05) is 0 Å². The molecule has 140 valence electrons. The second kappa shape index (κ2) is 7.28. The average Bonchev–Trinajstić information content (AvgIpc) is 2.64. The molecule has 0 fully saturated rings. The molecule has 0 bridgehead atoms. The molecule has 27 heavy (non-hydrogen) atoms. The summed E-state index contributed by atoms with van der Waals surface area (Å²) in [5.74, 6) is -4.14. The minimum atomic E-state index is -3.78. The number of nitrogens with zero attached hydrogens (tertiary/aromatic N) is 1. The van der Waals surface area contributed by atoms with E-state index < -0.39 is 27.5 Å². The highest BCUT2D eigenvalue weighted by molar-refractivity contribution is 7.92. The Morgan fingerprint density at radius 2 is 1.59 bits per heavy atom. The molecule has 3 aromatic rings. The van der Waals surface area contributed by atoms with Crippen molar-refractivity contribution in [3.8, 4) is 0 Å². The first-order chi connectivity index (χ1) is 12.8. The minimum absolute atomic E-state index is 0.0964. The molecule has 0 unspecified atom stereocenters. The van der Waals surface area contributed by atoms with Gasteiger partial charge in [0.15, 0.2) is 17.5 Å². The summed E-state index contributed by atoms with van der Waals surface area (Å²) in [6.07, 6.45) is 1.21. The molecule has 1 aromatic heterocycles. The van der Waals surface area contributed by atoms with Crippen LogP contribution in [0, 0.1) is 24.4 Å². The predicted octanol–water partition coefficient (Wildman–Crippen LogP) is 4.35. The number of benzene rings is 2. The lowest BCUT2D eigenvalue weighted by Gasteiger charge is -2.10. The first-order valence-electron chi connectivity index (χ1n) is 7.72. The maximum absolute atomic E-state index is 13.7. The van der Waals surface area contributed by atoms with Gasteiger partial charge in [0.2, 0.25) is 0 Å². The van der Waals surface area contributed by atoms with Gasteiger partial charge in [-0.3, -0.25) is 4.72 Å². The van der Waals surface area contributed by atoms with Crippen molar-refractivity contribution in [3.05, 3.63) is 77.7 Å². The van der Waals surface area contributed by atoms with Crippen molar-refractivity contribution in [1.82, 2.24) is 4.98 Å². The summed E-state index contributed by atoms with van der Waals surface area (Å²) >= 11 is 0. The second-order valence-corrected chi connectivity index (χ2v) is 7.38. The number of aryl methyl sites for hydroxylation is 1. The maximum Gasteiger partial charge on any atom is 0.261 e. The molecule has 0 saturated carbocycles. The average molecular weight is 393 g/mol. The Balaban J connectivity index is 1.76. The van der Waals surface area contributed by atoms with Crippen LogP contribution in [0.5, 0.6) is 0 Å². The Labute approximate surface area is 153 Å². The SMILES string of the molecule is Cc1ccc(S(=O)(=O)Nc2ccc(Nc3ccc(F)c(F)c3F)nc2)cc1. The molecular formula is C18H14F3N3O2S. The number of hydrogen-bond acceptors (Lipinski definition) is 4. The molecule has 0 atom stereocenters. The zero-order valence-electron chi connectivity index (χ0n) is 14.0. The standard InChI is InChI=1S/C18H14F3N3O2S/c1-11-2-5-13(6-3-11)27(25,26)24-12-4-9-16(22-10-12)23-15-8-7-14(19)17(20)18(15)21/h2-10,24H,1H3,(H,22,23). The number of aromatic nitrogens is 1. The summed E-state index contributed by atoms with van der Waals surface area (Å²) in [5.41, 5.74) is 0.816. The number of sulfonamides is 1. The van der Waals surface area contributed by atoms with Crippen LogP contribution in [-0.2, 0) is 10.0 Å². The molecule has 3 rings (SSSR count). The van der Waals surface area contributed by atoms with E-state index in [1.807, 2.05) is 6.92 Å². The molecule has 0 aliphatic carbocycles. The molecule has 1 heterocycles. The number of anilines is 3. The van der Waals surface area contributed by atoms with Gasteiger partial charge in [0.05, 0.1) is 22.5 Å². The highest BCUT2D eigenvalue weighted by Gasteiger charge is 2.15. The normalized spacial score (nSPS) is 11.3. The molecule has 5 nitrogen and oxygen atoms in total. The third-order valence-corrected chi connectivity index (χ3v) is 5.04. The number of hydrogen-bond donors (Lipinski definition) is 2. The highest BCUT2D eigenvalue weighted by Crippen LogP contribution is 2.23. The van der Waals surface area contributed by atoms with E-state index in [9.17, 15) is 21.6 Å². The second-order valence-electron chi connectivity index (χ2n) is 5.70. The molecule has 2 N–H and O–H groups in total. The van der Waals surface area contributed by atoms with Gasteiger partial charge in [0.25, 0.3) is 10.0 Å². The van der Waals surface area contributed by atoms with Gasteiger partial charge in [-0.2, -0.15) is 0 Å². The van der Waals surface area contributed by atoms with E-state index in [0.29, 0.717) is 0 Å². The Bertz CT molecular complexity index is 1070. The number of rotatable bonds is 5. The molecule has 0 saturated heterocycles. The van der Waals surface area contributed by atoms with Crippen LogP contribution in [0.15, 0.2) is 59.6 Å². The van der Waals surface area contributed by atoms with E-state index in [1.165, 1.54) is 30.5 Å². The van der Waals surface area contributed by atoms with Gasteiger partial charge in [-0.25, -0.2) is 26.6 Å². The number of pyridine rings is 1. The van der Waals surface area contributed by atoms with Crippen molar-refractivity contribution >= 4 is 27.2 Å². The third-order valence-electron chi connectivity index (χ3n) is 3.64. The Hall–Kier alpha value is -3.07. The van der Waals surface area contributed by atoms with E-state index in [1.54, 1.807) is 12.1 Å². The van der Waals surface area contributed by atoms with Crippen molar-refractivity contribution in [2.75, 3.05) is 10.0 Å². The molecule has 0 spiro atoms. The highest BCUT2D eigenvalue weighted by atomic mass is 32.2. The summed E-state index contributed by atoms with van der Waals surface area (Å²) in [6.45, 7) is 1.84. The lowest BCUT2D eigenvalue weighted by Crippen LogP contribution is -2.13. The quantitative estimate of drug-likeness (QED) is 0.632. The van der Waals surface area contributed by atoms with Crippen LogP contribution in [0.4, 0.5) is 30.4 Å². The van der Waals surface area contributed by atoms with Gasteiger partial charge >= 0.3 is 0 Å². The zero-order chi connectivity index (χ0) is 19.6. The summed E-state index contributed by atoms with van der Waals surface area (Å²) in [4.78, 5) is 4.03. The van der Waals surface area contributed by atoms with Crippen molar-refractivity contribution in [1.29, 1.82) is 0 Å². The molecule has 0 aliphatic heterocycles. The van der Waals surface area contributed by atoms with Gasteiger partial charge in [-0.05, 0) is 43.3 Å². The van der Waals surface area contributed by atoms with Crippen LogP contribution in [-0.4, -0.2) is 13.4 Å². The number of halogens is 3. The Morgan fingerprint density at radius 3 is 2.22 bits per heavy atom.